The zero-order chi connectivity index (χ0) is 22.5. The number of fused-ring (bicyclic) bond motifs is 1. The minimum absolute atomic E-state index is 0.170. The van der Waals surface area contributed by atoms with Gasteiger partial charge in [-0.05, 0) is 36.4 Å². The van der Waals surface area contributed by atoms with E-state index < -0.39 is 0 Å². The van der Waals surface area contributed by atoms with Crippen LogP contribution in [0.25, 0.3) is 10.8 Å². The number of amides is 2. The van der Waals surface area contributed by atoms with Crippen molar-refractivity contribution < 1.29 is 19.1 Å². The molecule has 2 amide bonds. The maximum Gasteiger partial charge on any atom is 0.247 e. The van der Waals surface area contributed by atoms with Crippen LogP contribution in [0.3, 0.4) is 0 Å². The Morgan fingerprint density at radius 2 is 1.09 bits per heavy atom. The number of aromatic nitrogens is 2. The van der Waals surface area contributed by atoms with Crippen LogP contribution in [0.2, 0.25) is 0 Å². The highest BCUT2D eigenvalue weighted by molar-refractivity contribution is 5.91. The van der Waals surface area contributed by atoms with Crippen molar-refractivity contribution in [1.29, 1.82) is 0 Å². The fourth-order valence-electron chi connectivity index (χ4n) is 3.11. The number of carbonyl (C=O) groups excluding carboxylic acids is 2. The quantitative estimate of drug-likeness (QED) is 0.441. The van der Waals surface area contributed by atoms with Crippen molar-refractivity contribution in [3.05, 3.63) is 72.8 Å². The monoisotopic (exact) mass is 428 g/mol. The molecule has 0 aliphatic carbocycles. The van der Waals surface area contributed by atoms with E-state index in [4.69, 9.17) is 9.47 Å². The van der Waals surface area contributed by atoms with Gasteiger partial charge >= 0.3 is 0 Å². The first-order valence-electron chi connectivity index (χ1n) is 9.84. The van der Waals surface area contributed by atoms with Crippen molar-refractivity contribution in [3.8, 4) is 23.3 Å². The molecule has 1 heterocycles. The van der Waals surface area contributed by atoms with Gasteiger partial charge in [-0.2, -0.15) is 0 Å². The van der Waals surface area contributed by atoms with Gasteiger partial charge in [0.15, 0.2) is 0 Å². The maximum atomic E-state index is 11.3. The van der Waals surface area contributed by atoms with E-state index in [0.29, 0.717) is 45.4 Å². The molecule has 8 nitrogen and oxygen atoms in total. The molecule has 0 aliphatic heterocycles. The molecule has 0 unspecified atom stereocenters. The van der Waals surface area contributed by atoms with E-state index in [-0.39, 0.29) is 11.8 Å². The van der Waals surface area contributed by atoms with Gasteiger partial charge in [0.25, 0.3) is 0 Å². The van der Waals surface area contributed by atoms with Gasteiger partial charge in [0.2, 0.25) is 23.6 Å². The maximum absolute atomic E-state index is 11.3. The Kier molecular flexibility index (Phi) is 5.94. The molecule has 0 saturated heterocycles. The molecule has 8 heteroatoms. The molecule has 3 aromatic carbocycles. The minimum atomic E-state index is -0.170. The predicted molar refractivity (Wildman–Crippen MR) is 121 cm³/mol. The first-order valence-corrected chi connectivity index (χ1v) is 9.84. The van der Waals surface area contributed by atoms with Gasteiger partial charge in [0.05, 0.1) is 10.8 Å². The minimum Gasteiger partial charge on any atom is -0.437 e. The molecule has 2 N–H and O–H groups in total. The van der Waals surface area contributed by atoms with E-state index in [1.165, 1.54) is 13.8 Å². The molecule has 0 radical (unpaired) electrons. The van der Waals surface area contributed by atoms with Crippen LogP contribution in [0.1, 0.15) is 13.8 Å². The number of benzene rings is 3. The van der Waals surface area contributed by atoms with Crippen molar-refractivity contribution in [2.24, 2.45) is 0 Å². The Morgan fingerprint density at radius 3 is 1.50 bits per heavy atom. The number of rotatable bonds is 6. The summed E-state index contributed by atoms with van der Waals surface area (Å²) < 4.78 is 11.9. The summed E-state index contributed by atoms with van der Waals surface area (Å²) in [5.41, 5.74) is 1.23. The standard InChI is InChI=1S/C24H20N4O4/c1-15(29)25-17-7-5-9-19(13-17)31-23-21-11-3-4-12-22(21)24(28-27-23)32-20-10-6-8-18(14-20)26-16(2)30/h3-14H,1-2H3,(H,25,29)(H,26,30). The van der Waals surface area contributed by atoms with Gasteiger partial charge in [-0.25, -0.2) is 0 Å². The van der Waals surface area contributed by atoms with Crippen molar-refractivity contribution in [2.75, 3.05) is 10.6 Å². The van der Waals surface area contributed by atoms with E-state index in [1.54, 1.807) is 48.5 Å². The summed E-state index contributed by atoms with van der Waals surface area (Å²) in [4.78, 5) is 22.6. The largest absolute Gasteiger partial charge is 0.437 e. The zero-order valence-corrected chi connectivity index (χ0v) is 17.5. The highest BCUT2D eigenvalue weighted by Crippen LogP contribution is 2.34. The lowest BCUT2D eigenvalue weighted by atomic mass is 10.2. The second kappa shape index (κ2) is 9.13. The molecule has 0 spiro atoms. The summed E-state index contributed by atoms with van der Waals surface area (Å²) in [6, 6.07) is 21.5. The zero-order valence-electron chi connectivity index (χ0n) is 17.5. The Morgan fingerprint density at radius 1 is 0.656 bits per heavy atom. The molecule has 4 aromatic rings. The molecule has 160 valence electrons. The average molecular weight is 428 g/mol. The lowest BCUT2D eigenvalue weighted by Gasteiger charge is -2.12. The van der Waals surface area contributed by atoms with Crippen LogP contribution in [-0.4, -0.2) is 22.0 Å². The molecule has 4 rings (SSSR count). The molecule has 1 aromatic heterocycles. The fraction of sp³-hybridized carbons (Fsp3) is 0.0833. The Bertz CT molecular complexity index is 1210. The van der Waals surface area contributed by atoms with Crippen LogP contribution in [0.4, 0.5) is 11.4 Å². The van der Waals surface area contributed by atoms with Gasteiger partial charge < -0.3 is 20.1 Å². The molecule has 0 saturated carbocycles. The third-order valence-corrected chi connectivity index (χ3v) is 4.36. The van der Waals surface area contributed by atoms with Gasteiger partial charge in [0, 0.05) is 37.4 Å². The first kappa shape index (κ1) is 20.8. The number of nitrogens with one attached hydrogen (secondary N) is 2. The first-order chi connectivity index (χ1) is 15.5. The highest BCUT2D eigenvalue weighted by atomic mass is 16.5. The summed E-state index contributed by atoms with van der Waals surface area (Å²) in [5, 5.41) is 15.3. The number of nitrogens with zero attached hydrogens (tertiary/aromatic N) is 2. The molecule has 32 heavy (non-hydrogen) atoms. The number of ether oxygens (including phenoxy) is 2. The lowest BCUT2D eigenvalue weighted by molar-refractivity contribution is -0.115. The molecular weight excluding hydrogens is 408 g/mol. The molecule has 0 bridgehead atoms. The molecule has 0 aliphatic rings. The van der Waals surface area contributed by atoms with Gasteiger partial charge in [-0.15, -0.1) is 10.2 Å². The van der Waals surface area contributed by atoms with E-state index in [0.717, 1.165) is 0 Å². The van der Waals surface area contributed by atoms with Gasteiger partial charge in [0.1, 0.15) is 11.5 Å². The summed E-state index contributed by atoms with van der Waals surface area (Å²) >= 11 is 0. The van der Waals surface area contributed by atoms with Gasteiger partial charge in [-0.1, -0.05) is 24.3 Å². The number of hydrogen-bond acceptors (Lipinski definition) is 6. The third kappa shape index (κ3) is 4.99. The smallest absolute Gasteiger partial charge is 0.247 e. The fourth-order valence-corrected chi connectivity index (χ4v) is 3.11. The van der Waals surface area contributed by atoms with Crippen molar-refractivity contribution >= 4 is 34.0 Å². The highest BCUT2D eigenvalue weighted by Gasteiger charge is 2.13. The topological polar surface area (TPSA) is 102 Å². The SMILES string of the molecule is CC(=O)Nc1cccc(Oc2nnc(Oc3cccc(NC(C)=O)c3)c3ccccc23)c1. The Balaban J connectivity index is 1.64. The number of hydrogen-bond donors (Lipinski definition) is 2. The Labute approximate surface area is 184 Å². The number of carbonyl (C=O) groups is 2. The van der Waals surface area contributed by atoms with Crippen LogP contribution in [0.5, 0.6) is 23.3 Å². The molecule has 0 fully saturated rings. The van der Waals surface area contributed by atoms with E-state index in [9.17, 15) is 9.59 Å². The van der Waals surface area contributed by atoms with Crippen molar-refractivity contribution in [1.82, 2.24) is 10.2 Å². The second-order valence-corrected chi connectivity index (χ2v) is 6.98. The molecular formula is C24H20N4O4. The second-order valence-electron chi connectivity index (χ2n) is 6.98. The van der Waals surface area contributed by atoms with Crippen LogP contribution < -0.4 is 20.1 Å². The number of anilines is 2. The Hall–Kier alpha value is -4.46. The van der Waals surface area contributed by atoms with Crippen LogP contribution >= 0.6 is 0 Å². The van der Waals surface area contributed by atoms with Crippen LogP contribution in [0.15, 0.2) is 72.8 Å². The summed E-state index contributed by atoms with van der Waals surface area (Å²) in [6.07, 6.45) is 0. The van der Waals surface area contributed by atoms with E-state index in [1.807, 2.05) is 24.3 Å². The summed E-state index contributed by atoms with van der Waals surface area (Å²) in [6.45, 7) is 2.88. The van der Waals surface area contributed by atoms with Crippen molar-refractivity contribution in [2.45, 2.75) is 13.8 Å². The average Bonchev–Trinajstić information content (AvgIpc) is 2.75. The third-order valence-electron chi connectivity index (χ3n) is 4.36. The van der Waals surface area contributed by atoms with E-state index in [2.05, 4.69) is 20.8 Å². The summed E-state index contributed by atoms with van der Waals surface area (Å²) in [5.74, 6) is 1.28. The van der Waals surface area contributed by atoms with E-state index >= 15 is 0 Å². The summed E-state index contributed by atoms with van der Waals surface area (Å²) in [7, 11) is 0. The molecule has 0 atom stereocenters. The van der Waals surface area contributed by atoms with Crippen molar-refractivity contribution in [3.63, 3.8) is 0 Å². The normalized spacial score (nSPS) is 10.4. The van der Waals surface area contributed by atoms with Crippen LogP contribution in [-0.2, 0) is 9.59 Å². The lowest BCUT2D eigenvalue weighted by Crippen LogP contribution is -2.05. The van der Waals surface area contributed by atoms with Gasteiger partial charge in [-0.3, -0.25) is 9.59 Å². The van der Waals surface area contributed by atoms with Crippen LogP contribution in [0, 0.1) is 0 Å². The predicted octanol–water partition coefficient (Wildman–Crippen LogP) is 5.13.